The van der Waals surface area contributed by atoms with Gasteiger partial charge < -0.3 is 5.32 Å². The van der Waals surface area contributed by atoms with Crippen molar-refractivity contribution in [3.63, 3.8) is 0 Å². The first-order chi connectivity index (χ1) is 8.04. The highest BCUT2D eigenvalue weighted by Gasteiger charge is 2.12. The molecule has 0 atom stereocenters. The van der Waals surface area contributed by atoms with Crippen molar-refractivity contribution < 1.29 is 8.42 Å². The van der Waals surface area contributed by atoms with Gasteiger partial charge in [-0.15, -0.1) is 0 Å². The molecule has 0 aromatic carbocycles. The number of sulfone groups is 1. The van der Waals surface area contributed by atoms with Crippen LogP contribution < -0.4 is 5.32 Å². The van der Waals surface area contributed by atoms with Gasteiger partial charge in [-0.05, 0) is 37.3 Å². The van der Waals surface area contributed by atoms with Crippen LogP contribution >= 0.6 is 0 Å². The summed E-state index contributed by atoms with van der Waals surface area (Å²) in [6, 6.07) is 4.10. The van der Waals surface area contributed by atoms with E-state index in [1.807, 2.05) is 6.07 Å². The molecule has 1 heterocycles. The average Bonchev–Trinajstić information content (AvgIpc) is 2.70. The Morgan fingerprint density at radius 3 is 2.94 bits per heavy atom. The highest BCUT2D eigenvalue weighted by molar-refractivity contribution is 7.90. The lowest BCUT2D eigenvalue weighted by atomic mass is 10.2. The molecule has 0 amide bonds. The maximum Gasteiger partial charge on any atom is 0.147 e. The first-order valence-corrected chi connectivity index (χ1v) is 8.01. The summed E-state index contributed by atoms with van der Waals surface area (Å²) in [4.78, 5) is 4.53. The second kappa shape index (κ2) is 5.04. The van der Waals surface area contributed by atoms with E-state index in [4.69, 9.17) is 0 Å². The molecule has 0 bridgehead atoms. The lowest BCUT2D eigenvalue weighted by Crippen LogP contribution is -2.10. The zero-order chi connectivity index (χ0) is 12.3. The van der Waals surface area contributed by atoms with E-state index in [2.05, 4.69) is 16.4 Å². The van der Waals surface area contributed by atoms with Crippen molar-refractivity contribution in [2.75, 3.05) is 23.9 Å². The largest absolute Gasteiger partial charge is 0.370 e. The summed E-state index contributed by atoms with van der Waals surface area (Å²) in [5.41, 5.74) is 2.55. The van der Waals surface area contributed by atoms with Crippen LogP contribution in [-0.4, -0.2) is 32.0 Å². The van der Waals surface area contributed by atoms with Crippen LogP contribution in [0.3, 0.4) is 0 Å². The van der Waals surface area contributed by atoms with Crippen molar-refractivity contribution >= 4 is 15.7 Å². The first-order valence-electron chi connectivity index (χ1n) is 5.95. The highest BCUT2D eigenvalue weighted by Crippen LogP contribution is 2.21. The summed E-state index contributed by atoms with van der Waals surface area (Å²) in [7, 11) is -2.85. The number of hydrogen-bond acceptors (Lipinski definition) is 4. The second-order valence-corrected chi connectivity index (χ2v) is 6.83. The predicted molar refractivity (Wildman–Crippen MR) is 69.1 cm³/mol. The molecule has 0 saturated carbocycles. The Balaban J connectivity index is 1.84. The van der Waals surface area contributed by atoms with Gasteiger partial charge in [0.25, 0.3) is 0 Å². The summed E-state index contributed by atoms with van der Waals surface area (Å²) in [5.74, 6) is 1.09. The predicted octanol–water partition coefficient (Wildman–Crippen LogP) is 1.42. The number of aryl methyl sites for hydroxylation is 2. The maximum absolute atomic E-state index is 11.0. The normalized spacial score (nSPS) is 14.6. The van der Waals surface area contributed by atoms with Gasteiger partial charge in [-0.25, -0.2) is 13.4 Å². The minimum atomic E-state index is -2.85. The molecule has 1 aromatic rings. The monoisotopic (exact) mass is 254 g/mol. The van der Waals surface area contributed by atoms with Crippen LogP contribution in [0.25, 0.3) is 0 Å². The molecule has 1 N–H and O–H groups in total. The van der Waals surface area contributed by atoms with Gasteiger partial charge in [0.15, 0.2) is 0 Å². The number of nitrogens with zero attached hydrogens (tertiary/aromatic N) is 1. The van der Waals surface area contributed by atoms with Crippen LogP contribution in [0.2, 0.25) is 0 Å². The van der Waals surface area contributed by atoms with E-state index >= 15 is 0 Å². The van der Waals surface area contributed by atoms with E-state index in [0.29, 0.717) is 13.0 Å². The fraction of sp³-hybridized carbons (Fsp3) is 0.583. The maximum atomic E-state index is 11.0. The van der Waals surface area contributed by atoms with Crippen molar-refractivity contribution in [3.05, 3.63) is 23.4 Å². The van der Waals surface area contributed by atoms with Crippen molar-refractivity contribution in [2.24, 2.45) is 0 Å². The molecular formula is C12H18N2O2S. The molecule has 0 fully saturated rings. The third kappa shape index (κ3) is 3.70. The third-order valence-corrected chi connectivity index (χ3v) is 3.96. The molecule has 1 aliphatic rings. The minimum absolute atomic E-state index is 0.227. The molecule has 0 spiro atoms. The number of aromatic nitrogens is 1. The smallest absolute Gasteiger partial charge is 0.147 e. The molecular weight excluding hydrogens is 236 g/mol. The molecule has 0 aliphatic heterocycles. The van der Waals surface area contributed by atoms with Crippen LogP contribution in [0.15, 0.2) is 12.1 Å². The Morgan fingerprint density at radius 1 is 1.35 bits per heavy atom. The Morgan fingerprint density at radius 2 is 2.18 bits per heavy atom. The fourth-order valence-electron chi connectivity index (χ4n) is 2.07. The first kappa shape index (κ1) is 12.4. The summed E-state index contributed by atoms with van der Waals surface area (Å²) in [6.07, 6.45) is 5.28. The average molecular weight is 254 g/mol. The highest BCUT2D eigenvalue weighted by atomic mass is 32.2. The molecule has 4 nitrogen and oxygen atoms in total. The Hall–Kier alpha value is -1.10. The Bertz CT molecular complexity index is 497. The number of nitrogens with one attached hydrogen (secondary N) is 1. The summed E-state index contributed by atoms with van der Waals surface area (Å²) in [6.45, 7) is 0.652. The second-order valence-electron chi connectivity index (χ2n) is 4.57. The van der Waals surface area contributed by atoms with Crippen molar-refractivity contribution in [2.45, 2.75) is 25.7 Å². The Kier molecular flexibility index (Phi) is 3.66. The van der Waals surface area contributed by atoms with Crippen LogP contribution in [0.1, 0.15) is 24.1 Å². The van der Waals surface area contributed by atoms with E-state index < -0.39 is 9.84 Å². The molecule has 5 heteroatoms. The summed E-state index contributed by atoms with van der Waals surface area (Å²) in [5, 5.41) is 3.17. The number of rotatable bonds is 5. The van der Waals surface area contributed by atoms with Gasteiger partial charge in [0, 0.05) is 18.5 Å². The van der Waals surface area contributed by atoms with Gasteiger partial charge in [0.05, 0.1) is 5.75 Å². The van der Waals surface area contributed by atoms with Crippen molar-refractivity contribution in [1.29, 1.82) is 0 Å². The van der Waals surface area contributed by atoms with Gasteiger partial charge in [0.1, 0.15) is 15.7 Å². The SMILES string of the molecule is CS(=O)(=O)CCCNc1ccc2c(n1)CCC2. The molecule has 17 heavy (non-hydrogen) atoms. The van der Waals surface area contributed by atoms with Crippen LogP contribution in [0.5, 0.6) is 0 Å². The number of anilines is 1. The van der Waals surface area contributed by atoms with E-state index in [-0.39, 0.29) is 5.75 Å². The van der Waals surface area contributed by atoms with Crippen LogP contribution in [0.4, 0.5) is 5.82 Å². The third-order valence-electron chi connectivity index (χ3n) is 2.93. The van der Waals surface area contributed by atoms with Crippen LogP contribution in [0, 0.1) is 0 Å². The van der Waals surface area contributed by atoms with E-state index in [0.717, 1.165) is 18.7 Å². The molecule has 94 valence electrons. The summed E-state index contributed by atoms with van der Waals surface area (Å²) < 4.78 is 21.9. The van der Waals surface area contributed by atoms with Gasteiger partial charge in [-0.2, -0.15) is 0 Å². The number of pyridine rings is 1. The summed E-state index contributed by atoms with van der Waals surface area (Å²) >= 11 is 0. The lowest BCUT2D eigenvalue weighted by molar-refractivity contribution is 0.600. The molecule has 2 rings (SSSR count). The van der Waals surface area contributed by atoms with Gasteiger partial charge in [0.2, 0.25) is 0 Å². The molecule has 0 saturated heterocycles. The van der Waals surface area contributed by atoms with E-state index in [9.17, 15) is 8.42 Å². The zero-order valence-electron chi connectivity index (χ0n) is 10.1. The molecule has 0 radical (unpaired) electrons. The minimum Gasteiger partial charge on any atom is -0.370 e. The molecule has 1 aromatic heterocycles. The van der Waals surface area contributed by atoms with Crippen molar-refractivity contribution in [3.8, 4) is 0 Å². The van der Waals surface area contributed by atoms with Gasteiger partial charge in [-0.1, -0.05) is 6.07 Å². The lowest BCUT2D eigenvalue weighted by Gasteiger charge is -2.06. The van der Waals surface area contributed by atoms with Crippen molar-refractivity contribution in [1.82, 2.24) is 4.98 Å². The molecule has 1 aliphatic carbocycles. The van der Waals surface area contributed by atoms with Gasteiger partial charge >= 0.3 is 0 Å². The van der Waals surface area contributed by atoms with E-state index in [1.54, 1.807) is 0 Å². The fourth-order valence-corrected chi connectivity index (χ4v) is 2.74. The van der Waals surface area contributed by atoms with Crippen LogP contribution in [-0.2, 0) is 22.7 Å². The van der Waals surface area contributed by atoms with Gasteiger partial charge in [-0.3, -0.25) is 0 Å². The Labute approximate surface area is 102 Å². The van der Waals surface area contributed by atoms with E-state index in [1.165, 1.54) is 23.9 Å². The zero-order valence-corrected chi connectivity index (χ0v) is 10.9. The number of hydrogen-bond donors (Lipinski definition) is 1. The molecule has 0 unspecified atom stereocenters. The topological polar surface area (TPSA) is 59.1 Å². The standard InChI is InChI=1S/C12H18N2O2S/c1-17(15,16)9-3-8-13-12-7-6-10-4-2-5-11(10)14-12/h6-7H,2-5,8-9H2,1H3,(H,13,14). The quantitative estimate of drug-likeness (QED) is 0.807. The number of fused-ring (bicyclic) bond motifs is 1.